The van der Waals surface area contributed by atoms with Crippen LogP contribution in [0.4, 0.5) is 0 Å². The second kappa shape index (κ2) is 7.93. The monoisotopic (exact) mass is 462 g/mol. The highest BCUT2D eigenvalue weighted by molar-refractivity contribution is 7.91. The minimum absolute atomic E-state index is 0.0223. The van der Waals surface area contributed by atoms with Crippen LogP contribution in [0.3, 0.4) is 0 Å². The summed E-state index contributed by atoms with van der Waals surface area (Å²) in [6.07, 6.45) is 1.67. The van der Waals surface area contributed by atoms with E-state index in [0.29, 0.717) is 5.82 Å². The van der Waals surface area contributed by atoms with E-state index in [4.69, 9.17) is 1.37 Å². The molecule has 0 aliphatic rings. The molecule has 0 N–H and O–H groups in total. The van der Waals surface area contributed by atoms with Crippen LogP contribution in [0.15, 0.2) is 125 Å². The molecule has 6 heteroatoms. The zero-order valence-corrected chi connectivity index (χ0v) is 18.8. The van der Waals surface area contributed by atoms with E-state index in [9.17, 15) is 8.42 Å². The Labute approximate surface area is 198 Å². The van der Waals surface area contributed by atoms with Crippen LogP contribution in [0.2, 0.25) is 0 Å². The molecule has 3 aromatic heterocycles. The molecular weight excluding hydrogens is 442 g/mol. The Kier molecular flexibility index (Phi) is 4.48. The molecule has 0 aliphatic carbocycles. The van der Waals surface area contributed by atoms with Crippen LogP contribution in [0, 0.1) is 0 Å². The summed E-state index contributed by atoms with van der Waals surface area (Å²) in [5.74, 6) is 0.660. The lowest BCUT2D eigenvalue weighted by molar-refractivity contribution is 0.592. The van der Waals surface area contributed by atoms with Gasteiger partial charge in [0, 0.05) is 23.1 Å². The molecule has 164 valence electrons. The second-order valence-corrected chi connectivity index (χ2v) is 9.81. The van der Waals surface area contributed by atoms with Crippen molar-refractivity contribution < 1.29 is 9.79 Å². The molecule has 3 aromatic carbocycles. The predicted octanol–water partition coefficient (Wildman–Crippen LogP) is 6.07. The fourth-order valence-corrected chi connectivity index (χ4v) is 5.55. The molecule has 0 spiro atoms. The molecule has 0 bridgehead atoms. The Bertz CT molecular complexity index is 1830. The third-order valence-electron chi connectivity index (χ3n) is 5.89. The Balaban J connectivity index is 1.55. The standard InChI is InChI=1S/C28H19N3O2S/c32-34(33,28-13-4-6-17-30-28)22-9-7-8-20(18-22)21-14-15-24-23-10-1-2-11-25(23)31(26(24)19-21)27-12-3-5-16-29-27/h1-19H/i16D. The van der Waals surface area contributed by atoms with Crippen molar-refractivity contribution in [2.45, 2.75) is 9.92 Å². The fourth-order valence-electron chi connectivity index (χ4n) is 4.31. The summed E-state index contributed by atoms with van der Waals surface area (Å²) in [6, 6.07) is 31.3. The van der Waals surface area contributed by atoms with Crippen LogP contribution in [0.1, 0.15) is 1.37 Å². The number of benzene rings is 3. The van der Waals surface area contributed by atoms with Crippen molar-refractivity contribution in [2.75, 3.05) is 0 Å². The van der Waals surface area contributed by atoms with Crippen molar-refractivity contribution in [3.05, 3.63) is 115 Å². The van der Waals surface area contributed by atoms with Gasteiger partial charge in [0.05, 0.1) is 17.3 Å². The van der Waals surface area contributed by atoms with Crippen LogP contribution in [-0.4, -0.2) is 23.0 Å². The van der Waals surface area contributed by atoms with Gasteiger partial charge in [-0.3, -0.25) is 4.57 Å². The fraction of sp³-hybridized carbons (Fsp3) is 0. The number of pyridine rings is 2. The van der Waals surface area contributed by atoms with Gasteiger partial charge in [-0.2, -0.15) is 0 Å². The van der Waals surface area contributed by atoms with E-state index >= 15 is 0 Å². The molecular formula is C28H19N3O2S. The maximum Gasteiger partial charge on any atom is 0.223 e. The molecule has 0 saturated heterocycles. The third-order valence-corrected chi connectivity index (χ3v) is 7.56. The third kappa shape index (κ3) is 3.27. The summed E-state index contributed by atoms with van der Waals surface area (Å²) in [5.41, 5.74) is 3.58. The van der Waals surface area contributed by atoms with E-state index in [1.807, 2.05) is 59.2 Å². The van der Waals surface area contributed by atoms with E-state index in [1.54, 1.807) is 36.4 Å². The van der Waals surface area contributed by atoms with E-state index in [1.165, 1.54) is 12.3 Å². The average Bonchev–Trinajstić information content (AvgIpc) is 3.23. The average molecular weight is 463 g/mol. The lowest BCUT2D eigenvalue weighted by Gasteiger charge is -2.09. The highest BCUT2D eigenvalue weighted by atomic mass is 32.2. The topological polar surface area (TPSA) is 64.8 Å². The van der Waals surface area contributed by atoms with Crippen molar-refractivity contribution in [1.29, 1.82) is 0 Å². The lowest BCUT2D eigenvalue weighted by atomic mass is 10.0. The quantitative estimate of drug-likeness (QED) is 0.319. The zero-order valence-electron chi connectivity index (χ0n) is 19.0. The van der Waals surface area contributed by atoms with E-state index < -0.39 is 9.84 Å². The highest BCUT2D eigenvalue weighted by Crippen LogP contribution is 2.35. The summed E-state index contributed by atoms with van der Waals surface area (Å²) in [5, 5.41) is 2.16. The normalized spacial score (nSPS) is 12.2. The van der Waals surface area contributed by atoms with Crippen LogP contribution in [0.25, 0.3) is 38.8 Å². The zero-order chi connectivity index (χ0) is 24.0. The molecule has 0 aliphatic heterocycles. The van der Waals surface area contributed by atoms with Crippen molar-refractivity contribution in [3.63, 3.8) is 0 Å². The second-order valence-electron chi connectivity index (χ2n) is 7.91. The summed E-state index contributed by atoms with van der Waals surface area (Å²) in [6.45, 7) is 0. The van der Waals surface area contributed by atoms with Crippen LogP contribution < -0.4 is 0 Å². The number of hydrogen-bond donors (Lipinski definition) is 0. The van der Waals surface area contributed by atoms with Crippen molar-refractivity contribution >= 4 is 31.6 Å². The summed E-state index contributed by atoms with van der Waals surface area (Å²) < 4.78 is 36.3. The molecule has 5 nitrogen and oxygen atoms in total. The van der Waals surface area contributed by atoms with Gasteiger partial charge in [0.2, 0.25) is 9.84 Å². The van der Waals surface area contributed by atoms with Gasteiger partial charge >= 0.3 is 0 Å². The summed E-state index contributed by atoms with van der Waals surface area (Å²) >= 11 is 0. The van der Waals surface area contributed by atoms with Gasteiger partial charge in [-0.15, -0.1) is 0 Å². The van der Waals surface area contributed by atoms with Gasteiger partial charge < -0.3 is 0 Å². The molecule has 0 atom stereocenters. The number of rotatable bonds is 4. The Hall–Kier alpha value is -4.29. The molecule has 0 fully saturated rings. The minimum Gasteiger partial charge on any atom is -0.294 e. The number of aromatic nitrogens is 3. The lowest BCUT2D eigenvalue weighted by Crippen LogP contribution is -2.04. The summed E-state index contributed by atoms with van der Waals surface area (Å²) in [7, 11) is -3.74. The van der Waals surface area contributed by atoms with Gasteiger partial charge in [0.1, 0.15) is 5.82 Å². The Morgan fingerprint density at radius 1 is 0.676 bits per heavy atom. The van der Waals surface area contributed by atoms with E-state index in [-0.39, 0.29) is 16.1 Å². The largest absolute Gasteiger partial charge is 0.294 e. The van der Waals surface area contributed by atoms with Gasteiger partial charge in [-0.25, -0.2) is 18.4 Å². The Morgan fingerprint density at radius 3 is 2.32 bits per heavy atom. The van der Waals surface area contributed by atoms with Gasteiger partial charge in [-0.05, 0) is 59.7 Å². The molecule has 0 amide bonds. The van der Waals surface area contributed by atoms with E-state index in [0.717, 1.165) is 32.9 Å². The Morgan fingerprint density at radius 2 is 1.47 bits per heavy atom. The number of fused-ring (bicyclic) bond motifs is 3. The minimum atomic E-state index is -3.74. The number of sulfone groups is 1. The molecule has 0 saturated carbocycles. The molecule has 6 aromatic rings. The van der Waals surface area contributed by atoms with Gasteiger partial charge in [0.25, 0.3) is 0 Å². The van der Waals surface area contributed by atoms with Gasteiger partial charge in [0.15, 0.2) is 5.03 Å². The maximum atomic E-state index is 13.1. The number of para-hydroxylation sites is 1. The first-order valence-corrected chi connectivity index (χ1v) is 12.2. The van der Waals surface area contributed by atoms with Crippen molar-refractivity contribution in [3.8, 4) is 16.9 Å². The first kappa shape index (κ1) is 19.2. The first-order valence-electron chi connectivity index (χ1n) is 11.3. The van der Waals surface area contributed by atoms with Crippen LogP contribution in [0.5, 0.6) is 0 Å². The predicted molar refractivity (Wildman–Crippen MR) is 134 cm³/mol. The van der Waals surface area contributed by atoms with Gasteiger partial charge in [-0.1, -0.05) is 54.6 Å². The molecule has 0 unspecified atom stereocenters. The van der Waals surface area contributed by atoms with Crippen molar-refractivity contribution in [1.82, 2.24) is 14.5 Å². The van der Waals surface area contributed by atoms with Crippen molar-refractivity contribution in [2.24, 2.45) is 0 Å². The number of nitrogens with zero attached hydrogens (tertiary/aromatic N) is 3. The van der Waals surface area contributed by atoms with Crippen LogP contribution in [-0.2, 0) is 9.84 Å². The SMILES string of the molecule is [2H]c1cccc(-n2c3ccccc3c3ccc(-c4cccc(S(=O)(=O)c5ccccn5)c4)cc32)n1. The molecule has 34 heavy (non-hydrogen) atoms. The first-order chi connectivity index (χ1) is 17.0. The molecule has 6 rings (SSSR count). The van der Waals surface area contributed by atoms with E-state index in [2.05, 4.69) is 16.0 Å². The summed E-state index contributed by atoms with van der Waals surface area (Å²) in [4.78, 5) is 8.67. The number of hydrogen-bond acceptors (Lipinski definition) is 4. The smallest absolute Gasteiger partial charge is 0.223 e. The molecule has 0 radical (unpaired) electrons. The maximum absolute atomic E-state index is 13.1. The molecule has 3 heterocycles. The van der Waals surface area contributed by atoms with Crippen LogP contribution >= 0.6 is 0 Å². The highest BCUT2D eigenvalue weighted by Gasteiger charge is 2.20.